The van der Waals surface area contributed by atoms with Crippen LogP contribution >= 0.6 is 0 Å². The number of aromatic nitrogens is 2. The molecule has 3 aromatic rings. The van der Waals surface area contributed by atoms with Crippen molar-refractivity contribution in [2.45, 2.75) is 31.6 Å². The summed E-state index contributed by atoms with van der Waals surface area (Å²) in [5.74, 6) is 0.524. The van der Waals surface area contributed by atoms with Crippen molar-refractivity contribution in [1.29, 1.82) is 5.26 Å². The van der Waals surface area contributed by atoms with E-state index in [1.165, 1.54) is 16.3 Å². The number of hydrogen-bond donors (Lipinski definition) is 0. The van der Waals surface area contributed by atoms with E-state index in [2.05, 4.69) is 45.2 Å². The van der Waals surface area contributed by atoms with Gasteiger partial charge in [0.1, 0.15) is 6.07 Å². The Morgan fingerprint density at radius 2 is 1.89 bits per heavy atom. The standard InChI is InChI=1S/C23H24N4/c24-14-18-7-8-23(26-15-18)19-9-12-27(13-10-19)11-3-5-21-17-25-16-20-4-1-2-6-22(20)21/h1-2,4,6-8,15-17,19H,3,5,9-13H2. The van der Waals surface area contributed by atoms with Crippen LogP contribution in [0.5, 0.6) is 0 Å². The highest BCUT2D eigenvalue weighted by Crippen LogP contribution is 2.27. The second-order valence-corrected chi connectivity index (χ2v) is 7.32. The Bertz CT molecular complexity index is 929. The fourth-order valence-electron chi connectivity index (χ4n) is 4.04. The summed E-state index contributed by atoms with van der Waals surface area (Å²) < 4.78 is 0. The van der Waals surface area contributed by atoms with E-state index >= 15 is 0 Å². The first-order chi connectivity index (χ1) is 13.3. The van der Waals surface area contributed by atoms with Gasteiger partial charge in [0, 0.05) is 35.6 Å². The molecule has 1 fully saturated rings. The Morgan fingerprint density at radius 1 is 1.04 bits per heavy atom. The van der Waals surface area contributed by atoms with Crippen LogP contribution in [0.1, 0.15) is 42.0 Å². The molecule has 0 N–H and O–H groups in total. The molecule has 136 valence electrons. The van der Waals surface area contributed by atoms with Gasteiger partial charge in [0.15, 0.2) is 0 Å². The monoisotopic (exact) mass is 356 g/mol. The minimum Gasteiger partial charge on any atom is -0.303 e. The molecule has 0 amide bonds. The molecule has 4 nitrogen and oxygen atoms in total. The fourth-order valence-corrected chi connectivity index (χ4v) is 4.04. The zero-order chi connectivity index (χ0) is 18.5. The number of piperidine rings is 1. The molecule has 0 saturated carbocycles. The number of likely N-dealkylation sites (tertiary alicyclic amines) is 1. The molecule has 0 bridgehead atoms. The second-order valence-electron chi connectivity index (χ2n) is 7.32. The van der Waals surface area contributed by atoms with Gasteiger partial charge in [-0.3, -0.25) is 9.97 Å². The van der Waals surface area contributed by atoms with Crippen LogP contribution < -0.4 is 0 Å². The molecular formula is C23H24N4. The van der Waals surface area contributed by atoms with Crippen molar-refractivity contribution in [3.8, 4) is 6.07 Å². The number of fused-ring (bicyclic) bond motifs is 1. The van der Waals surface area contributed by atoms with E-state index in [1.54, 1.807) is 6.20 Å². The lowest BCUT2D eigenvalue weighted by molar-refractivity contribution is 0.209. The van der Waals surface area contributed by atoms with Crippen molar-refractivity contribution in [3.05, 3.63) is 71.8 Å². The van der Waals surface area contributed by atoms with Crippen molar-refractivity contribution < 1.29 is 0 Å². The van der Waals surface area contributed by atoms with E-state index in [9.17, 15) is 0 Å². The molecule has 0 unspecified atom stereocenters. The predicted octanol–water partition coefficient (Wildman–Crippen LogP) is 4.31. The molecule has 3 heterocycles. The van der Waals surface area contributed by atoms with Crippen molar-refractivity contribution >= 4 is 10.8 Å². The predicted molar refractivity (Wildman–Crippen MR) is 107 cm³/mol. The van der Waals surface area contributed by atoms with E-state index in [1.807, 2.05) is 24.5 Å². The van der Waals surface area contributed by atoms with Gasteiger partial charge in [-0.25, -0.2) is 0 Å². The maximum atomic E-state index is 8.90. The average molecular weight is 356 g/mol. The maximum Gasteiger partial charge on any atom is 0.101 e. The Labute approximate surface area is 160 Å². The minimum atomic E-state index is 0.524. The Balaban J connectivity index is 1.27. The minimum absolute atomic E-state index is 0.524. The third kappa shape index (κ3) is 4.15. The van der Waals surface area contributed by atoms with Gasteiger partial charge in [-0.15, -0.1) is 0 Å². The molecular weight excluding hydrogens is 332 g/mol. The van der Waals surface area contributed by atoms with Crippen LogP contribution in [-0.2, 0) is 6.42 Å². The molecule has 4 rings (SSSR count). The first kappa shape index (κ1) is 17.6. The molecule has 4 heteroatoms. The van der Waals surface area contributed by atoms with Crippen LogP contribution in [0.2, 0.25) is 0 Å². The lowest BCUT2D eigenvalue weighted by Gasteiger charge is -2.31. The SMILES string of the molecule is N#Cc1ccc(C2CCN(CCCc3cncc4ccccc34)CC2)nc1. The third-order valence-corrected chi connectivity index (χ3v) is 5.59. The molecule has 0 spiro atoms. The van der Waals surface area contributed by atoms with Crippen LogP contribution in [0.3, 0.4) is 0 Å². The van der Waals surface area contributed by atoms with Crippen molar-refractivity contribution in [2.75, 3.05) is 19.6 Å². The number of nitriles is 1. The van der Waals surface area contributed by atoms with Crippen molar-refractivity contribution in [2.24, 2.45) is 0 Å². The summed E-state index contributed by atoms with van der Waals surface area (Å²) in [7, 11) is 0. The van der Waals surface area contributed by atoms with Gasteiger partial charge in [-0.2, -0.15) is 5.26 Å². The zero-order valence-electron chi connectivity index (χ0n) is 15.5. The number of nitrogens with zero attached hydrogens (tertiary/aromatic N) is 4. The van der Waals surface area contributed by atoms with Gasteiger partial charge < -0.3 is 4.90 Å². The molecule has 1 aliphatic rings. The molecule has 0 atom stereocenters. The molecule has 0 radical (unpaired) electrons. The van der Waals surface area contributed by atoms with E-state index in [-0.39, 0.29) is 0 Å². The highest BCUT2D eigenvalue weighted by Gasteiger charge is 2.21. The maximum absolute atomic E-state index is 8.90. The zero-order valence-corrected chi connectivity index (χ0v) is 15.5. The largest absolute Gasteiger partial charge is 0.303 e. The summed E-state index contributed by atoms with van der Waals surface area (Å²) in [6, 6.07) is 14.5. The quantitative estimate of drug-likeness (QED) is 0.683. The van der Waals surface area contributed by atoms with Gasteiger partial charge in [0.25, 0.3) is 0 Å². The fraction of sp³-hybridized carbons (Fsp3) is 0.348. The summed E-state index contributed by atoms with van der Waals surface area (Å²) in [5, 5.41) is 11.5. The molecule has 0 aliphatic carbocycles. The molecule has 2 aromatic heterocycles. The Hall–Kier alpha value is -2.77. The molecule has 1 saturated heterocycles. The first-order valence-electron chi connectivity index (χ1n) is 9.73. The highest BCUT2D eigenvalue weighted by molar-refractivity contribution is 5.84. The van der Waals surface area contributed by atoms with Crippen LogP contribution in [0, 0.1) is 11.3 Å². The number of pyridine rings is 2. The number of benzene rings is 1. The van der Waals surface area contributed by atoms with Crippen LogP contribution in [0.15, 0.2) is 55.0 Å². The number of hydrogen-bond acceptors (Lipinski definition) is 4. The Kier molecular flexibility index (Phi) is 5.41. The van der Waals surface area contributed by atoms with Gasteiger partial charge in [0.05, 0.1) is 5.56 Å². The van der Waals surface area contributed by atoms with Gasteiger partial charge >= 0.3 is 0 Å². The van der Waals surface area contributed by atoms with Crippen LogP contribution in [0.25, 0.3) is 10.8 Å². The summed E-state index contributed by atoms with van der Waals surface area (Å²) in [6.07, 6.45) is 10.2. The average Bonchev–Trinajstić information content (AvgIpc) is 2.74. The second kappa shape index (κ2) is 8.28. The summed E-state index contributed by atoms with van der Waals surface area (Å²) in [6.45, 7) is 3.39. The number of rotatable bonds is 5. The van der Waals surface area contributed by atoms with Crippen molar-refractivity contribution in [3.63, 3.8) is 0 Å². The smallest absolute Gasteiger partial charge is 0.101 e. The highest BCUT2D eigenvalue weighted by atomic mass is 15.1. The van der Waals surface area contributed by atoms with E-state index in [4.69, 9.17) is 5.26 Å². The number of aryl methyl sites for hydroxylation is 1. The molecule has 1 aliphatic heterocycles. The summed E-state index contributed by atoms with van der Waals surface area (Å²) in [4.78, 5) is 11.4. The first-order valence-corrected chi connectivity index (χ1v) is 9.73. The normalized spacial score (nSPS) is 15.7. The molecule has 27 heavy (non-hydrogen) atoms. The van der Waals surface area contributed by atoms with Gasteiger partial charge in [-0.1, -0.05) is 24.3 Å². The van der Waals surface area contributed by atoms with Gasteiger partial charge in [0.2, 0.25) is 0 Å². The van der Waals surface area contributed by atoms with E-state index in [0.29, 0.717) is 11.5 Å². The third-order valence-electron chi connectivity index (χ3n) is 5.59. The summed E-state index contributed by atoms with van der Waals surface area (Å²) >= 11 is 0. The van der Waals surface area contributed by atoms with Crippen LogP contribution in [-0.4, -0.2) is 34.5 Å². The summed E-state index contributed by atoms with van der Waals surface area (Å²) in [5.41, 5.74) is 3.12. The lowest BCUT2D eigenvalue weighted by Crippen LogP contribution is -2.34. The van der Waals surface area contributed by atoms with E-state index < -0.39 is 0 Å². The van der Waals surface area contributed by atoms with Crippen LogP contribution in [0.4, 0.5) is 0 Å². The van der Waals surface area contributed by atoms with Crippen molar-refractivity contribution in [1.82, 2.24) is 14.9 Å². The van der Waals surface area contributed by atoms with E-state index in [0.717, 1.165) is 51.0 Å². The lowest BCUT2D eigenvalue weighted by atomic mass is 9.92. The topological polar surface area (TPSA) is 52.8 Å². The molecule has 1 aromatic carbocycles. The Morgan fingerprint density at radius 3 is 2.67 bits per heavy atom. The van der Waals surface area contributed by atoms with Gasteiger partial charge in [-0.05, 0) is 68.4 Å².